The number of rotatable bonds is 2. The number of thiophene rings is 1. The Hall–Kier alpha value is -1.45. The molecule has 0 amide bonds. The molecular weight excluding hydrogens is 300 g/mol. The largest absolute Gasteiger partial charge is 0.221 e. The summed E-state index contributed by atoms with van der Waals surface area (Å²) < 4.78 is 0. The van der Waals surface area contributed by atoms with Crippen molar-refractivity contribution in [1.29, 1.82) is 0 Å². The van der Waals surface area contributed by atoms with Crippen molar-refractivity contribution in [1.82, 2.24) is 9.97 Å². The maximum absolute atomic E-state index is 6.46. The van der Waals surface area contributed by atoms with Gasteiger partial charge in [-0.05, 0) is 37.8 Å². The van der Waals surface area contributed by atoms with Crippen LogP contribution in [0.1, 0.15) is 34.7 Å². The summed E-state index contributed by atoms with van der Waals surface area (Å²) in [6, 6.07) is 10.5. The zero-order valence-electron chi connectivity index (χ0n) is 12.0. The van der Waals surface area contributed by atoms with Crippen LogP contribution in [0.3, 0.4) is 0 Å². The van der Waals surface area contributed by atoms with Crippen molar-refractivity contribution in [3.8, 4) is 0 Å². The molecule has 1 aliphatic rings. The Bertz CT molecular complexity index is 835. The molecular formula is C17H15ClN2S. The van der Waals surface area contributed by atoms with Crippen molar-refractivity contribution in [2.75, 3.05) is 0 Å². The predicted octanol–water partition coefficient (Wildman–Crippen LogP) is 5.04. The molecule has 2 aromatic heterocycles. The molecule has 0 aliphatic heterocycles. The van der Waals surface area contributed by atoms with Crippen molar-refractivity contribution in [2.45, 2.75) is 32.1 Å². The van der Waals surface area contributed by atoms with Crippen LogP contribution in [0.25, 0.3) is 10.2 Å². The van der Waals surface area contributed by atoms with Crippen molar-refractivity contribution < 1.29 is 0 Å². The first-order valence-electron chi connectivity index (χ1n) is 7.11. The Kier molecular flexibility index (Phi) is 2.85. The first-order valence-corrected chi connectivity index (χ1v) is 8.30. The van der Waals surface area contributed by atoms with Gasteiger partial charge in [0.15, 0.2) is 0 Å². The van der Waals surface area contributed by atoms with Gasteiger partial charge in [0.05, 0.1) is 10.8 Å². The third-order valence-electron chi connectivity index (χ3n) is 4.49. The van der Waals surface area contributed by atoms with E-state index in [9.17, 15) is 0 Å². The predicted molar refractivity (Wildman–Crippen MR) is 88.4 cm³/mol. The lowest BCUT2D eigenvalue weighted by atomic mass is 9.95. The van der Waals surface area contributed by atoms with Crippen molar-refractivity contribution in [2.24, 2.45) is 0 Å². The molecule has 1 aromatic carbocycles. The van der Waals surface area contributed by atoms with Crippen LogP contribution in [0.2, 0.25) is 5.15 Å². The molecule has 4 heteroatoms. The molecule has 0 bridgehead atoms. The second-order valence-corrected chi connectivity index (χ2v) is 7.31. The Labute approximate surface area is 132 Å². The monoisotopic (exact) mass is 314 g/mol. The number of hydrogen-bond donors (Lipinski definition) is 0. The van der Waals surface area contributed by atoms with Crippen LogP contribution < -0.4 is 0 Å². The van der Waals surface area contributed by atoms with E-state index in [1.165, 1.54) is 16.0 Å². The van der Waals surface area contributed by atoms with Gasteiger partial charge in [-0.2, -0.15) is 0 Å². The van der Waals surface area contributed by atoms with Gasteiger partial charge in [0.1, 0.15) is 15.8 Å². The number of hydrogen-bond acceptors (Lipinski definition) is 3. The van der Waals surface area contributed by atoms with E-state index in [1.54, 1.807) is 11.3 Å². The minimum Gasteiger partial charge on any atom is -0.221 e. The normalized spacial score (nSPS) is 16.3. The quantitative estimate of drug-likeness (QED) is 0.619. The van der Waals surface area contributed by atoms with Crippen molar-refractivity contribution >= 4 is 33.2 Å². The van der Waals surface area contributed by atoms with E-state index in [0.717, 1.165) is 28.9 Å². The molecule has 1 fully saturated rings. The highest BCUT2D eigenvalue weighted by molar-refractivity contribution is 7.18. The summed E-state index contributed by atoms with van der Waals surface area (Å²) >= 11 is 8.17. The van der Waals surface area contributed by atoms with Gasteiger partial charge < -0.3 is 0 Å². The Balaban J connectivity index is 1.92. The van der Waals surface area contributed by atoms with Crippen LogP contribution in [0.5, 0.6) is 0 Å². The van der Waals surface area contributed by atoms with Gasteiger partial charge in [0.2, 0.25) is 0 Å². The maximum Gasteiger partial charge on any atom is 0.142 e. The van der Waals surface area contributed by atoms with Gasteiger partial charge in [-0.3, -0.25) is 0 Å². The van der Waals surface area contributed by atoms with Gasteiger partial charge in [-0.15, -0.1) is 11.3 Å². The summed E-state index contributed by atoms with van der Waals surface area (Å²) in [4.78, 5) is 11.8. The Morgan fingerprint density at radius 2 is 1.81 bits per heavy atom. The topological polar surface area (TPSA) is 25.8 Å². The third kappa shape index (κ3) is 1.91. The van der Waals surface area contributed by atoms with Crippen LogP contribution in [0.15, 0.2) is 30.3 Å². The van der Waals surface area contributed by atoms with Gasteiger partial charge in [-0.25, -0.2) is 9.97 Å². The fraction of sp³-hybridized carbons (Fsp3) is 0.294. The average molecular weight is 315 g/mol. The van der Waals surface area contributed by atoms with E-state index in [4.69, 9.17) is 16.6 Å². The van der Waals surface area contributed by atoms with E-state index >= 15 is 0 Å². The van der Waals surface area contributed by atoms with Gasteiger partial charge in [-0.1, -0.05) is 41.9 Å². The highest BCUT2D eigenvalue weighted by Crippen LogP contribution is 2.52. The molecule has 3 aromatic rings. The van der Waals surface area contributed by atoms with E-state index in [1.807, 2.05) is 6.07 Å². The molecule has 4 rings (SSSR count). The molecule has 106 valence electrons. The SMILES string of the molecule is Cc1sc2nc(C3(c4ccccc4)CC3)nc(Cl)c2c1C. The van der Waals surface area contributed by atoms with E-state index < -0.39 is 0 Å². The lowest BCUT2D eigenvalue weighted by Crippen LogP contribution is -2.13. The molecule has 21 heavy (non-hydrogen) atoms. The molecule has 1 aliphatic carbocycles. The van der Waals surface area contributed by atoms with Gasteiger partial charge in [0, 0.05) is 4.88 Å². The Morgan fingerprint density at radius 1 is 1.10 bits per heavy atom. The minimum atomic E-state index is -0.0229. The molecule has 0 N–H and O–H groups in total. The number of benzene rings is 1. The second kappa shape index (κ2) is 4.52. The molecule has 0 spiro atoms. The molecule has 0 atom stereocenters. The fourth-order valence-electron chi connectivity index (χ4n) is 2.94. The summed E-state index contributed by atoms with van der Waals surface area (Å²) in [6.07, 6.45) is 2.20. The van der Waals surface area contributed by atoms with Crippen LogP contribution >= 0.6 is 22.9 Å². The Morgan fingerprint density at radius 3 is 2.48 bits per heavy atom. The average Bonchev–Trinajstić information content (AvgIpc) is 3.24. The number of nitrogens with zero attached hydrogens (tertiary/aromatic N) is 2. The van der Waals surface area contributed by atoms with Crippen LogP contribution in [-0.4, -0.2) is 9.97 Å². The molecule has 0 radical (unpaired) electrons. The zero-order chi connectivity index (χ0) is 14.6. The number of halogens is 1. The smallest absolute Gasteiger partial charge is 0.142 e. The van der Waals surface area contributed by atoms with Crippen LogP contribution in [-0.2, 0) is 5.41 Å². The van der Waals surface area contributed by atoms with E-state index in [2.05, 4.69) is 43.1 Å². The molecule has 0 saturated heterocycles. The highest BCUT2D eigenvalue weighted by atomic mass is 35.5. The standard InChI is InChI=1S/C17H15ClN2S/c1-10-11(2)21-15-13(10)14(18)19-16(20-15)17(8-9-17)12-6-4-3-5-7-12/h3-7H,8-9H2,1-2H3. The highest BCUT2D eigenvalue weighted by Gasteiger charge is 2.49. The number of aromatic nitrogens is 2. The molecule has 0 unspecified atom stereocenters. The summed E-state index contributed by atoms with van der Waals surface area (Å²) in [5.41, 5.74) is 2.48. The van der Waals surface area contributed by atoms with E-state index in [-0.39, 0.29) is 5.41 Å². The molecule has 1 saturated carbocycles. The van der Waals surface area contributed by atoms with Gasteiger partial charge >= 0.3 is 0 Å². The van der Waals surface area contributed by atoms with Crippen LogP contribution in [0, 0.1) is 13.8 Å². The first kappa shape index (κ1) is 13.2. The lowest BCUT2D eigenvalue weighted by molar-refractivity contribution is 0.764. The molecule has 2 heterocycles. The first-order chi connectivity index (χ1) is 10.1. The number of aryl methyl sites for hydroxylation is 2. The van der Waals surface area contributed by atoms with Crippen molar-refractivity contribution in [3.05, 3.63) is 57.3 Å². The lowest BCUT2D eigenvalue weighted by Gasteiger charge is -2.14. The van der Waals surface area contributed by atoms with Crippen LogP contribution in [0.4, 0.5) is 0 Å². The molecule has 2 nitrogen and oxygen atoms in total. The summed E-state index contributed by atoms with van der Waals surface area (Å²) in [7, 11) is 0. The van der Waals surface area contributed by atoms with E-state index in [0.29, 0.717) is 5.15 Å². The second-order valence-electron chi connectivity index (χ2n) is 5.75. The third-order valence-corrected chi connectivity index (χ3v) is 5.86. The minimum absolute atomic E-state index is 0.0229. The summed E-state index contributed by atoms with van der Waals surface area (Å²) in [5.74, 6) is 0.882. The zero-order valence-corrected chi connectivity index (χ0v) is 13.6. The van der Waals surface area contributed by atoms with Gasteiger partial charge in [0.25, 0.3) is 0 Å². The fourth-order valence-corrected chi connectivity index (χ4v) is 4.33. The number of fused-ring (bicyclic) bond motifs is 1. The van der Waals surface area contributed by atoms with Crippen molar-refractivity contribution in [3.63, 3.8) is 0 Å². The summed E-state index contributed by atoms with van der Waals surface area (Å²) in [5, 5.41) is 1.62. The summed E-state index contributed by atoms with van der Waals surface area (Å²) in [6.45, 7) is 4.20. The maximum atomic E-state index is 6.46.